The van der Waals surface area contributed by atoms with Crippen molar-refractivity contribution in [3.05, 3.63) is 94.5 Å². The zero-order valence-corrected chi connectivity index (χ0v) is 16.4. The van der Waals surface area contributed by atoms with E-state index in [2.05, 4.69) is 5.32 Å². The van der Waals surface area contributed by atoms with Gasteiger partial charge in [0, 0.05) is 11.6 Å². The number of ether oxygens (including phenoxy) is 2. The van der Waals surface area contributed by atoms with Gasteiger partial charge in [-0.3, -0.25) is 4.79 Å². The first kappa shape index (κ1) is 19.8. The van der Waals surface area contributed by atoms with Gasteiger partial charge in [0.15, 0.2) is 11.5 Å². The molecule has 144 valence electrons. The Bertz CT molecular complexity index is 928. The van der Waals surface area contributed by atoms with Gasteiger partial charge in [-0.15, -0.1) is 0 Å². The molecule has 0 heterocycles. The molecule has 3 rings (SSSR count). The molecule has 5 heteroatoms. The Kier molecular flexibility index (Phi) is 6.93. The summed E-state index contributed by atoms with van der Waals surface area (Å²) in [5.41, 5.74) is 2.90. The SMILES string of the molecule is COc1cc(CNC(=O)Cc2cccc(Cl)c2)ccc1OCc1ccccc1. The molecule has 0 aliphatic carbocycles. The molecule has 0 aliphatic heterocycles. The summed E-state index contributed by atoms with van der Waals surface area (Å²) in [6, 6.07) is 22.9. The van der Waals surface area contributed by atoms with Crippen LogP contribution in [-0.4, -0.2) is 13.0 Å². The lowest BCUT2D eigenvalue weighted by molar-refractivity contribution is -0.120. The molecule has 3 aromatic rings. The van der Waals surface area contributed by atoms with E-state index in [1.807, 2.05) is 60.7 Å². The average Bonchev–Trinajstić information content (AvgIpc) is 2.71. The summed E-state index contributed by atoms with van der Waals surface area (Å²) in [5, 5.41) is 3.54. The number of methoxy groups -OCH3 is 1. The first-order chi connectivity index (χ1) is 13.6. The number of nitrogens with one attached hydrogen (secondary N) is 1. The topological polar surface area (TPSA) is 47.6 Å². The van der Waals surface area contributed by atoms with Gasteiger partial charge in [-0.25, -0.2) is 0 Å². The fraction of sp³-hybridized carbons (Fsp3) is 0.174. The van der Waals surface area contributed by atoms with Crippen molar-refractivity contribution in [3.63, 3.8) is 0 Å². The fourth-order valence-electron chi connectivity index (χ4n) is 2.77. The Morgan fingerprint density at radius 1 is 0.893 bits per heavy atom. The predicted octanol–water partition coefficient (Wildman–Crippen LogP) is 4.79. The van der Waals surface area contributed by atoms with Crippen molar-refractivity contribution in [2.24, 2.45) is 0 Å². The van der Waals surface area contributed by atoms with E-state index < -0.39 is 0 Å². The third-order valence-electron chi connectivity index (χ3n) is 4.21. The lowest BCUT2D eigenvalue weighted by Crippen LogP contribution is -2.24. The number of hydrogen-bond donors (Lipinski definition) is 1. The Balaban J connectivity index is 1.56. The quantitative estimate of drug-likeness (QED) is 0.596. The molecular formula is C23H22ClNO3. The molecule has 3 aromatic carbocycles. The highest BCUT2D eigenvalue weighted by Crippen LogP contribution is 2.28. The van der Waals surface area contributed by atoms with E-state index in [4.69, 9.17) is 21.1 Å². The third-order valence-corrected chi connectivity index (χ3v) is 4.44. The van der Waals surface area contributed by atoms with Crippen molar-refractivity contribution in [3.8, 4) is 11.5 Å². The maximum Gasteiger partial charge on any atom is 0.224 e. The first-order valence-electron chi connectivity index (χ1n) is 8.99. The number of rotatable bonds is 8. The zero-order chi connectivity index (χ0) is 19.8. The summed E-state index contributed by atoms with van der Waals surface area (Å²) in [5.74, 6) is 1.24. The Morgan fingerprint density at radius 2 is 1.68 bits per heavy atom. The molecule has 0 saturated heterocycles. The molecule has 0 aliphatic rings. The van der Waals surface area contributed by atoms with Crippen LogP contribution in [0.1, 0.15) is 16.7 Å². The van der Waals surface area contributed by atoms with Crippen LogP contribution in [0.15, 0.2) is 72.8 Å². The van der Waals surface area contributed by atoms with E-state index in [0.29, 0.717) is 29.7 Å². The van der Waals surface area contributed by atoms with Crippen LogP contribution in [0.2, 0.25) is 5.02 Å². The van der Waals surface area contributed by atoms with E-state index in [9.17, 15) is 4.79 Å². The minimum Gasteiger partial charge on any atom is -0.493 e. The molecule has 4 nitrogen and oxygen atoms in total. The van der Waals surface area contributed by atoms with Gasteiger partial charge in [-0.05, 0) is 41.0 Å². The van der Waals surface area contributed by atoms with Gasteiger partial charge in [-0.2, -0.15) is 0 Å². The van der Waals surface area contributed by atoms with E-state index >= 15 is 0 Å². The number of hydrogen-bond acceptors (Lipinski definition) is 3. The number of halogens is 1. The van der Waals surface area contributed by atoms with Gasteiger partial charge in [0.25, 0.3) is 0 Å². The van der Waals surface area contributed by atoms with Gasteiger partial charge in [0.1, 0.15) is 6.61 Å². The molecular weight excluding hydrogens is 374 g/mol. The second-order valence-electron chi connectivity index (χ2n) is 6.34. The smallest absolute Gasteiger partial charge is 0.224 e. The number of amides is 1. The maximum absolute atomic E-state index is 12.2. The van der Waals surface area contributed by atoms with Crippen LogP contribution in [0.25, 0.3) is 0 Å². The minimum atomic E-state index is -0.0642. The van der Waals surface area contributed by atoms with Crippen molar-refractivity contribution in [2.75, 3.05) is 7.11 Å². The lowest BCUT2D eigenvalue weighted by Gasteiger charge is -2.13. The van der Waals surface area contributed by atoms with Crippen LogP contribution in [-0.2, 0) is 24.4 Å². The second-order valence-corrected chi connectivity index (χ2v) is 6.78. The van der Waals surface area contributed by atoms with Gasteiger partial charge in [0.2, 0.25) is 5.91 Å². The average molecular weight is 396 g/mol. The Labute approximate surface area is 170 Å². The number of carbonyl (C=O) groups is 1. The van der Waals surface area contributed by atoms with Crippen molar-refractivity contribution >= 4 is 17.5 Å². The molecule has 0 atom stereocenters. The molecule has 0 fully saturated rings. The maximum atomic E-state index is 12.2. The Hall–Kier alpha value is -2.98. The highest BCUT2D eigenvalue weighted by molar-refractivity contribution is 6.30. The fourth-order valence-corrected chi connectivity index (χ4v) is 2.98. The van der Waals surface area contributed by atoms with Gasteiger partial charge in [0.05, 0.1) is 13.5 Å². The molecule has 0 bridgehead atoms. The van der Waals surface area contributed by atoms with Crippen molar-refractivity contribution in [1.29, 1.82) is 0 Å². The normalized spacial score (nSPS) is 10.4. The van der Waals surface area contributed by atoms with Crippen LogP contribution in [0, 0.1) is 0 Å². The van der Waals surface area contributed by atoms with Crippen molar-refractivity contribution in [1.82, 2.24) is 5.32 Å². The minimum absolute atomic E-state index is 0.0642. The largest absolute Gasteiger partial charge is 0.493 e. The van der Waals surface area contributed by atoms with Crippen molar-refractivity contribution in [2.45, 2.75) is 19.6 Å². The molecule has 0 unspecified atom stereocenters. The monoisotopic (exact) mass is 395 g/mol. The van der Waals surface area contributed by atoms with Crippen LogP contribution in [0.3, 0.4) is 0 Å². The predicted molar refractivity (Wildman–Crippen MR) is 111 cm³/mol. The van der Waals surface area contributed by atoms with E-state index in [1.54, 1.807) is 19.2 Å². The van der Waals surface area contributed by atoms with Gasteiger partial charge < -0.3 is 14.8 Å². The van der Waals surface area contributed by atoms with E-state index in [1.165, 1.54) is 0 Å². The molecule has 1 N–H and O–H groups in total. The third kappa shape index (κ3) is 5.76. The molecule has 0 spiro atoms. The van der Waals surface area contributed by atoms with Crippen LogP contribution in [0.4, 0.5) is 0 Å². The first-order valence-corrected chi connectivity index (χ1v) is 9.36. The summed E-state index contributed by atoms with van der Waals surface area (Å²) < 4.78 is 11.3. The summed E-state index contributed by atoms with van der Waals surface area (Å²) in [4.78, 5) is 12.2. The highest BCUT2D eigenvalue weighted by Gasteiger charge is 2.08. The molecule has 1 amide bonds. The van der Waals surface area contributed by atoms with Crippen molar-refractivity contribution < 1.29 is 14.3 Å². The van der Waals surface area contributed by atoms with E-state index in [0.717, 1.165) is 16.7 Å². The molecule has 28 heavy (non-hydrogen) atoms. The van der Waals surface area contributed by atoms with Crippen LogP contribution >= 0.6 is 11.6 Å². The molecule has 0 aromatic heterocycles. The summed E-state index contributed by atoms with van der Waals surface area (Å²) in [6.45, 7) is 0.877. The van der Waals surface area contributed by atoms with Crippen LogP contribution in [0.5, 0.6) is 11.5 Å². The highest BCUT2D eigenvalue weighted by atomic mass is 35.5. The summed E-state index contributed by atoms with van der Waals surface area (Å²) in [6.07, 6.45) is 0.288. The zero-order valence-electron chi connectivity index (χ0n) is 15.7. The van der Waals surface area contributed by atoms with Gasteiger partial charge in [-0.1, -0.05) is 60.1 Å². The summed E-state index contributed by atoms with van der Waals surface area (Å²) >= 11 is 5.96. The summed E-state index contributed by atoms with van der Waals surface area (Å²) in [7, 11) is 1.60. The lowest BCUT2D eigenvalue weighted by atomic mass is 10.1. The van der Waals surface area contributed by atoms with Crippen LogP contribution < -0.4 is 14.8 Å². The Morgan fingerprint density at radius 3 is 2.43 bits per heavy atom. The molecule has 0 saturated carbocycles. The standard InChI is InChI=1S/C23H22ClNO3/c1-27-22-13-19(10-11-21(22)28-16-17-6-3-2-4-7-17)15-25-23(26)14-18-8-5-9-20(24)12-18/h2-13H,14-16H2,1H3,(H,25,26). The van der Waals surface area contributed by atoms with Gasteiger partial charge >= 0.3 is 0 Å². The number of benzene rings is 3. The second kappa shape index (κ2) is 9.81. The molecule has 0 radical (unpaired) electrons. The number of carbonyl (C=O) groups excluding carboxylic acids is 1. The van der Waals surface area contributed by atoms with E-state index in [-0.39, 0.29) is 12.3 Å².